The molecular formula is C21H26N2O3. The highest BCUT2D eigenvalue weighted by Crippen LogP contribution is 2.30. The van der Waals surface area contributed by atoms with E-state index in [1.807, 2.05) is 11.0 Å². The number of ether oxygens (including phenoxy) is 2. The van der Waals surface area contributed by atoms with Crippen LogP contribution in [0.25, 0.3) is 0 Å². The summed E-state index contributed by atoms with van der Waals surface area (Å²) in [7, 11) is 3.15. The van der Waals surface area contributed by atoms with Gasteiger partial charge in [-0.3, -0.25) is 4.79 Å². The number of carbonyl (C=O) groups is 1. The van der Waals surface area contributed by atoms with Gasteiger partial charge in [0.1, 0.15) is 17.1 Å². The van der Waals surface area contributed by atoms with Crippen molar-refractivity contribution >= 4 is 11.6 Å². The number of anilines is 1. The summed E-state index contributed by atoms with van der Waals surface area (Å²) in [5.74, 6) is 1.05. The highest BCUT2D eigenvalue weighted by atomic mass is 16.5. The fourth-order valence-corrected chi connectivity index (χ4v) is 3.52. The zero-order chi connectivity index (χ0) is 18.7. The van der Waals surface area contributed by atoms with Crippen LogP contribution in [0.4, 0.5) is 5.69 Å². The maximum absolute atomic E-state index is 13.1. The SMILES string of the molecule is COc1cccc(OC)c1C(=O)N1CCN(c2cc(C)cc(C)c2)CC1. The van der Waals surface area contributed by atoms with Crippen molar-refractivity contribution < 1.29 is 14.3 Å². The molecule has 26 heavy (non-hydrogen) atoms. The number of benzene rings is 2. The predicted molar refractivity (Wildman–Crippen MR) is 104 cm³/mol. The third-order valence-electron chi connectivity index (χ3n) is 4.78. The van der Waals surface area contributed by atoms with Gasteiger partial charge in [0.25, 0.3) is 5.91 Å². The van der Waals surface area contributed by atoms with E-state index in [1.54, 1.807) is 26.4 Å². The van der Waals surface area contributed by atoms with E-state index in [0.717, 1.165) is 13.1 Å². The van der Waals surface area contributed by atoms with Crippen molar-refractivity contribution in [1.29, 1.82) is 0 Å². The van der Waals surface area contributed by atoms with Gasteiger partial charge in [0.2, 0.25) is 0 Å². The fraction of sp³-hybridized carbons (Fsp3) is 0.381. The number of methoxy groups -OCH3 is 2. The Morgan fingerprint density at radius 3 is 1.92 bits per heavy atom. The average molecular weight is 354 g/mol. The van der Waals surface area contributed by atoms with Gasteiger partial charge in [-0.2, -0.15) is 0 Å². The molecule has 0 aliphatic carbocycles. The van der Waals surface area contributed by atoms with Crippen LogP contribution in [0.5, 0.6) is 11.5 Å². The lowest BCUT2D eigenvalue weighted by Crippen LogP contribution is -2.49. The van der Waals surface area contributed by atoms with E-state index in [1.165, 1.54) is 16.8 Å². The molecular weight excluding hydrogens is 328 g/mol. The quantitative estimate of drug-likeness (QED) is 0.845. The van der Waals surface area contributed by atoms with Crippen molar-refractivity contribution in [3.8, 4) is 11.5 Å². The van der Waals surface area contributed by atoms with Crippen molar-refractivity contribution in [3.63, 3.8) is 0 Å². The Kier molecular flexibility index (Phi) is 5.35. The first-order valence-corrected chi connectivity index (χ1v) is 8.87. The van der Waals surface area contributed by atoms with Crippen LogP contribution < -0.4 is 14.4 Å². The molecule has 0 N–H and O–H groups in total. The summed E-state index contributed by atoms with van der Waals surface area (Å²) in [6.07, 6.45) is 0. The lowest BCUT2D eigenvalue weighted by molar-refractivity contribution is 0.0740. The van der Waals surface area contributed by atoms with Crippen LogP contribution in [0.2, 0.25) is 0 Å². The van der Waals surface area contributed by atoms with Crippen LogP contribution in [-0.2, 0) is 0 Å². The number of aryl methyl sites for hydroxylation is 2. The maximum Gasteiger partial charge on any atom is 0.261 e. The monoisotopic (exact) mass is 354 g/mol. The largest absolute Gasteiger partial charge is 0.496 e. The Morgan fingerprint density at radius 1 is 0.885 bits per heavy atom. The van der Waals surface area contributed by atoms with E-state index in [-0.39, 0.29) is 5.91 Å². The fourth-order valence-electron chi connectivity index (χ4n) is 3.52. The molecule has 0 saturated carbocycles. The molecule has 0 radical (unpaired) electrons. The zero-order valence-corrected chi connectivity index (χ0v) is 15.9. The van der Waals surface area contributed by atoms with Crippen LogP contribution in [0.1, 0.15) is 21.5 Å². The molecule has 1 amide bonds. The van der Waals surface area contributed by atoms with E-state index in [0.29, 0.717) is 30.2 Å². The van der Waals surface area contributed by atoms with Crippen LogP contribution in [0.15, 0.2) is 36.4 Å². The maximum atomic E-state index is 13.1. The van der Waals surface area contributed by atoms with Gasteiger partial charge in [-0.25, -0.2) is 0 Å². The molecule has 0 spiro atoms. The Bertz CT molecular complexity index is 753. The Labute approximate surface area is 155 Å². The molecule has 0 atom stereocenters. The minimum atomic E-state index is -0.0422. The van der Waals surface area contributed by atoms with E-state index < -0.39 is 0 Å². The second-order valence-electron chi connectivity index (χ2n) is 6.66. The van der Waals surface area contributed by atoms with Crippen molar-refractivity contribution in [2.45, 2.75) is 13.8 Å². The lowest BCUT2D eigenvalue weighted by atomic mass is 10.1. The standard InChI is InChI=1S/C21H26N2O3/c1-15-12-16(2)14-17(13-15)22-8-10-23(11-9-22)21(24)20-18(25-3)6-5-7-19(20)26-4/h5-7,12-14H,8-11H2,1-4H3. The third-order valence-corrected chi connectivity index (χ3v) is 4.78. The average Bonchev–Trinajstić information content (AvgIpc) is 2.66. The molecule has 0 aromatic heterocycles. The molecule has 1 aliphatic rings. The number of nitrogens with zero attached hydrogens (tertiary/aromatic N) is 2. The normalized spacial score (nSPS) is 14.3. The number of amides is 1. The molecule has 1 saturated heterocycles. The number of hydrogen-bond donors (Lipinski definition) is 0. The molecule has 1 fully saturated rings. The minimum Gasteiger partial charge on any atom is -0.496 e. The second kappa shape index (κ2) is 7.68. The number of rotatable bonds is 4. The van der Waals surface area contributed by atoms with E-state index in [9.17, 15) is 4.79 Å². The molecule has 0 unspecified atom stereocenters. The first-order valence-electron chi connectivity index (χ1n) is 8.87. The van der Waals surface area contributed by atoms with Gasteiger partial charge in [-0.05, 0) is 49.2 Å². The molecule has 2 aromatic carbocycles. The summed E-state index contributed by atoms with van der Waals surface area (Å²) >= 11 is 0. The molecule has 5 heteroatoms. The Hall–Kier alpha value is -2.69. The molecule has 1 aliphatic heterocycles. The van der Waals surface area contributed by atoms with Crippen molar-refractivity contribution in [2.24, 2.45) is 0 Å². The summed E-state index contributed by atoms with van der Waals surface area (Å²) in [6.45, 7) is 7.20. The van der Waals surface area contributed by atoms with Crippen LogP contribution in [0, 0.1) is 13.8 Å². The van der Waals surface area contributed by atoms with Gasteiger partial charge < -0.3 is 19.3 Å². The number of piperazine rings is 1. The highest BCUT2D eigenvalue weighted by Gasteiger charge is 2.27. The summed E-state index contributed by atoms with van der Waals surface area (Å²) in [4.78, 5) is 17.3. The first-order chi connectivity index (χ1) is 12.5. The second-order valence-corrected chi connectivity index (χ2v) is 6.66. The molecule has 0 bridgehead atoms. The minimum absolute atomic E-state index is 0.0422. The van der Waals surface area contributed by atoms with Gasteiger partial charge in [0, 0.05) is 31.9 Å². The van der Waals surface area contributed by atoms with Crippen LogP contribution >= 0.6 is 0 Å². The van der Waals surface area contributed by atoms with Crippen molar-refractivity contribution in [3.05, 3.63) is 53.1 Å². The molecule has 2 aromatic rings. The molecule has 1 heterocycles. The van der Waals surface area contributed by atoms with Crippen molar-refractivity contribution in [2.75, 3.05) is 45.3 Å². The van der Waals surface area contributed by atoms with E-state index in [2.05, 4.69) is 36.9 Å². The Balaban J connectivity index is 1.75. The van der Waals surface area contributed by atoms with Gasteiger partial charge in [-0.1, -0.05) is 12.1 Å². The predicted octanol–water partition coefficient (Wildman–Crippen LogP) is 3.28. The van der Waals surface area contributed by atoms with Gasteiger partial charge >= 0.3 is 0 Å². The summed E-state index contributed by atoms with van der Waals surface area (Å²) < 4.78 is 10.8. The smallest absolute Gasteiger partial charge is 0.261 e. The van der Waals surface area contributed by atoms with Gasteiger partial charge in [0.05, 0.1) is 14.2 Å². The summed E-state index contributed by atoms with van der Waals surface area (Å²) in [5, 5.41) is 0. The van der Waals surface area contributed by atoms with Crippen molar-refractivity contribution in [1.82, 2.24) is 4.90 Å². The first kappa shape index (κ1) is 18.1. The molecule has 5 nitrogen and oxygen atoms in total. The zero-order valence-electron chi connectivity index (χ0n) is 15.9. The topological polar surface area (TPSA) is 42.0 Å². The van der Waals surface area contributed by atoms with E-state index in [4.69, 9.17) is 9.47 Å². The summed E-state index contributed by atoms with van der Waals surface area (Å²) in [5.41, 5.74) is 4.25. The third kappa shape index (κ3) is 3.62. The number of hydrogen-bond acceptors (Lipinski definition) is 4. The number of carbonyl (C=O) groups excluding carboxylic acids is 1. The highest BCUT2D eigenvalue weighted by molar-refractivity contribution is 5.99. The van der Waals surface area contributed by atoms with E-state index >= 15 is 0 Å². The lowest BCUT2D eigenvalue weighted by Gasteiger charge is -2.36. The Morgan fingerprint density at radius 2 is 1.42 bits per heavy atom. The van der Waals surface area contributed by atoms with Crippen LogP contribution in [-0.4, -0.2) is 51.2 Å². The molecule has 138 valence electrons. The van der Waals surface area contributed by atoms with Gasteiger partial charge in [-0.15, -0.1) is 0 Å². The van der Waals surface area contributed by atoms with Gasteiger partial charge in [0.15, 0.2) is 0 Å². The summed E-state index contributed by atoms with van der Waals surface area (Å²) in [6, 6.07) is 12.0. The van der Waals surface area contributed by atoms with Crippen LogP contribution in [0.3, 0.4) is 0 Å². The molecule has 3 rings (SSSR count).